The first-order chi connectivity index (χ1) is 14.3. The lowest BCUT2D eigenvalue weighted by Crippen LogP contribution is -2.07. The van der Waals surface area contributed by atoms with E-state index in [1.807, 2.05) is 48.5 Å². The van der Waals surface area contributed by atoms with E-state index in [9.17, 15) is 0 Å². The maximum absolute atomic E-state index is 5.49. The Hall–Kier alpha value is -3.98. The van der Waals surface area contributed by atoms with Gasteiger partial charge in [0.25, 0.3) is 5.95 Å². The van der Waals surface area contributed by atoms with Gasteiger partial charge in [-0.25, -0.2) is 10.5 Å². The molecule has 0 aliphatic carbocycles. The van der Waals surface area contributed by atoms with Crippen molar-refractivity contribution in [3.05, 3.63) is 61.1 Å². The summed E-state index contributed by atoms with van der Waals surface area (Å²) in [6, 6.07) is 15.2. The topological polar surface area (TPSA) is 107 Å². The fraction of sp³-hybridized carbons (Fsp3) is 0.100. The van der Waals surface area contributed by atoms with Crippen molar-refractivity contribution in [2.24, 2.45) is 0 Å². The molecule has 0 aliphatic heterocycles. The van der Waals surface area contributed by atoms with Gasteiger partial charge in [0.05, 0.1) is 26.0 Å². The number of benzene rings is 2. The van der Waals surface area contributed by atoms with Gasteiger partial charge in [-0.2, -0.15) is 15.0 Å². The Morgan fingerprint density at radius 2 is 1.76 bits per heavy atom. The second-order valence-electron chi connectivity index (χ2n) is 5.88. The van der Waals surface area contributed by atoms with Gasteiger partial charge in [0.2, 0.25) is 5.95 Å². The first-order valence-corrected chi connectivity index (χ1v) is 8.71. The third kappa shape index (κ3) is 4.14. The standard InChI is InChI=1S/C20H18N6O3/c1-27-16-10-14(8-9-15(16)17-11-21-12-29-17)22-19-23-18(13-6-4-3-5-7-13)24-20(25-19)26-28-2/h3-12H,1-2H3,(H2,22,23,24,25,26). The maximum Gasteiger partial charge on any atom is 0.252 e. The smallest absolute Gasteiger partial charge is 0.252 e. The molecule has 0 amide bonds. The third-order valence-corrected chi connectivity index (χ3v) is 4.02. The fourth-order valence-corrected chi connectivity index (χ4v) is 2.74. The average Bonchev–Trinajstić information content (AvgIpc) is 3.29. The zero-order valence-corrected chi connectivity index (χ0v) is 15.8. The third-order valence-electron chi connectivity index (χ3n) is 4.02. The van der Waals surface area contributed by atoms with Crippen LogP contribution in [0.5, 0.6) is 5.75 Å². The van der Waals surface area contributed by atoms with Crippen LogP contribution < -0.4 is 15.5 Å². The Bertz CT molecular complexity index is 1090. The lowest BCUT2D eigenvalue weighted by atomic mass is 10.1. The van der Waals surface area contributed by atoms with E-state index in [1.54, 1.807) is 13.3 Å². The molecule has 2 aromatic heterocycles. The first kappa shape index (κ1) is 18.4. The molecule has 0 fully saturated rings. The van der Waals surface area contributed by atoms with Gasteiger partial charge in [0.1, 0.15) is 5.75 Å². The Morgan fingerprint density at radius 3 is 2.48 bits per heavy atom. The van der Waals surface area contributed by atoms with Crippen molar-refractivity contribution < 1.29 is 14.0 Å². The Morgan fingerprint density at radius 1 is 0.931 bits per heavy atom. The monoisotopic (exact) mass is 390 g/mol. The minimum atomic E-state index is 0.286. The molecule has 0 atom stereocenters. The minimum absolute atomic E-state index is 0.286. The number of aromatic nitrogens is 4. The Balaban J connectivity index is 1.67. The molecule has 0 saturated carbocycles. The second-order valence-corrected chi connectivity index (χ2v) is 5.88. The number of hydrogen-bond acceptors (Lipinski definition) is 9. The molecular formula is C20H18N6O3. The minimum Gasteiger partial charge on any atom is -0.496 e. The van der Waals surface area contributed by atoms with Gasteiger partial charge in [-0.05, 0) is 12.1 Å². The number of methoxy groups -OCH3 is 1. The van der Waals surface area contributed by atoms with Crippen LogP contribution in [0.2, 0.25) is 0 Å². The van der Waals surface area contributed by atoms with E-state index in [1.165, 1.54) is 13.5 Å². The fourth-order valence-electron chi connectivity index (χ4n) is 2.74. The predicted octanol–water partition coefficient (Wildman–Crippen LogP) is 3.92. The Kier molecular flexibility index (Phi) is 5.30. The van der Waals surface area contributed by atoms with Gasteiger partial charge in [0.15, 0.2) is 18.0 Å². The number of anilines is 3. The van der Waals surface area contributed by atoms with Crippen molar-refractivity contribution in [2.75, 3.05) is 25.0 Å². The summed E-state index contributed by atoms with van der Waals surface area (Å²) >= 11 is 0. The quantitative estimate of drug-likeness (QED) is 0.454. The normalized spacial score (nSPS) is 10.6. The molecule has 29 heavy (non-hydrogen) atoms. The average molecular weight is 390 g/mol. The lowest BCUT2D eigenvalue weighted by molar-refractivity contribution is 0.267. The number of nitrogens with zero attached hydrogens (tertiary/aromatic N) is 4. The van der Waals surface area contributed by atoms with E-state index in [-0.39, 0.29) is 5.95 Å². The molecule has 2 heterocycles. The van der Waals surface area contributed by atoms with Crippen LogP contribution in [0.15, 0.2) is 65.5 Å². The van der Waals surface area contributed by atoms with Crippen molar-refractivity contribution in [1.82, 2.24) is 19.9 Å². The van der Waals surface area contributed by atoms with E-state index in [0.29, 0.717) is 23.3 Å². The highest BCUT2D eigenvalue weighted by Gasteiger charge is 2.12. The number of nitrogens with one attached hydrogen (secondary N) is 2. The largest absolute Gasteiger partial charge is 0.496 e. The van der Waals surface area contributed by atoms with Gasteiger partial charge in [-0.3, -0.25) is 4.84 Å². The molecule has 0 spiro atoms. The number of oxazole rings is 1. The molecule has 0 radical (unpaired) electrons. The Labute approximate surface area is 166 Å². The molecular weight excluding hydrogens is 372 g/mol. The van der Waals surface area contributed by atoms with Gasteiger partial charge in [-0.1, -0.05) is 30.3 Å². The molecule has 0 bridgehead atoms. The number of ether oxygens (including phenoxy) is 1. The van der Waals surface area contributed by atoms with E-state index in [4.69, 9.17) is 14.0 Å². The van der Waals surface area contributed by atoms with Gasteiger partial charge in [-0.15, -0.1) is 0 Å². The zero-order chi connectivity index (χ0) is 20.1. The second kappa shape index (κ2) is 8.36. The van der Waals surface area contributed by atoms with Crippen LogP contribution in [0.1, 0.15) is 0 Å². The number of hydrogen-bond donors (Lipinski definition) is 2. The van der Waals surface area contributed by atoms with Crippen LogP contribution in [-0.2, 0) is 4.84 Å². The summed E-state index contributed by atoms with van der Waals surface area (Å²) in [6.45, 7) is 0. The van der Waals surface area contributed by atoms with Gasteiger partial charge < -0.3 is 14.5 Å². The zero-order valence-electron chi connectivity index (χ0n) is 15.8. The van der Waals surface area contributed by atoms with Crippen LogP contribution in [0, 0.1) is 0 Å². The molecule has 9 heteroatoms. The van der Waals surface area contributed by atoms with Crippen molar-refractivity contribution in [1.29, 1.82) is 0 Å². The van der Waals surface area contributed by atoms with Crippen LogP contribution in [-0.4, -0.2) is 34.2 Å². The molecule has 0 saturated heterocycles. The van der Waals surface area contributed by atoms with E-state index >= 15 is 0 Å². The maximum atomic E-state index is 5.49. The van der Waals surface area contributed by atoms with E-state index in [2.05, 4.69) is 30.7 Å². The van der Waals surface area contributed by atoms with Crippen LogP contribution in [0.3, 0.4) is 0 Å². The predicted molar refractivity (Wildman–Crippen MR) is 108 cm³/mol. The summed E-state index contributed by atoms with van der Waals surface area (Å²) in [5, 5.41) is 3.18. The summed E-state index contributed by atoms with van der Waals surface area (Å²) in [5.74, 6) is 2.39. The summed E-state index contributed by atoms with van der Waals surface area (Å²) < 4.78 is 10.9. The highest BCUT2D eigenvalue weighted by molar-refractivity contribution is 5.71. The van der Waals surface area contributed by atoms with Crippen LogP contribution in [0.25, 0.3) is 22.7 Å². The SMILES string of the molecule is CONc1nc(Nc2ccc(-c3cnco3)c(OC)c2)nc(-c2ccccc2)n1. The van der Waals surface area contributed by atoms with E-state index in [0.717, 1.165) is 16.8 Å². The number of rotatable bonds is 7. The molecule has 0 unspecified atom stereocenters. The lowest BCUT2D eigenvalue weighted by Gasteiger charge is -2.12. The van der Waals surface area contributed by atoms with Crippen LogP contribution >= 0.6 is 0 Å². The summed E-state index contributed by atoms with van der Waals surface area (Å²) in [4.78, 5) is 22.1. The highest BCUT2D eigenvalue weighted by atomic mass is 16.6. The highest BCUT2D eigenvalue weighted by Crippen LogP contribution is 2.33. The van der Waals surface area contributed by atoms with Gasteiger partial charge in [0, 0.05) is 17.3 Å². The summed E-state index contributed by atoms with van der Waals surface area (Å²) in [6.07, 6.45) is 3.01. The molecule has 146 valence electrons. The van der Waals surface area contributed by atoms with Crippen molar-refractivity contribution in [3.8, 4) is 28.5 Å². The molecule has 2 N–H and O–H groups in total. The van der Waals surface area contributed by atoms with Crippen molar-refractivity contribution >= 4 is 17.6 Å². The summed E-state index contributed by atoms with van der Waals surface area (Å²) in [5.41, 5.74) is 5.03. The summed E-state index contributed by atoms with van der Waals surface area (Å²) in [7, 11) is 3.09. The van der Waals surface area contributed by atoms with Gasteiger partial charge >= 0.3 is 0 Å². The van der Waals surface area contributed by atoms with Crippen molar-refractivity contribution in [3.63, 3.8) is 0 Å². The first-order valence-electron chi connectivity index (χ1n) is 8.71. The molecule has 4 rings (SSSR count). The molecule has 4 aromatic rings. The molecule has 0 aliphatic rings. The molecule has 2 aromatic carbocycles. The van der Waals surface area contributed by atoms with Crippen molar-refractivity contribution in [2.45, 2.75) is 0 Å². The van der Waals surface area contributed by atoms with Crippen LogP contribution in [0.4, 0.5) is 17.6 Å². The molecule has 9 nitrogen and oxygen atoms in total. The van der Waals surface area contributed by atoms with E-state index < -0.39 is 0 Å².